The molecular formula is C17H24N4O2. The second kappa shape index (κ2) is 5.94. The highest BCUT2D eigenvalue weighted by Gasteiger charge is 2.32. The van der Waals surface area contributed by atoms with Crippen LogP contribution in [0, 0.1) is 19.3 Å². The number of hydrogen-bond donors (Lipinski definition) is 2. The molecule has 1 aliphatic heterocycles. The van der Waals surface area contributed by atoms with E-state index in [-0.39, 0.29) is 6.10 Å². The van der Waals surface area contributed by atoms with E-state index in [9.17, 15) is 0 Å². The van der Waals surface area contributed by atoms with Gasteiger partial charge in [-0.15, -0.1) is 0 Å². The summed E-state index contributed by atoms with van der Waals surface area (Å²) in [5.74, 6) is 0.250. The van der Waals surface area contributed by atoms with E-state index < -0.39 is 5.79 Å². The maximum atomic E-state index is 7.46. The lowest BCUT2D eigenvalue weighted by molar-refractivity contribution is -0.136. The van der Waals surface area contributed by atoms with Gasteiger partial charge in [0.25, 0.3) is 0 Å². The van der Waals surface area contributed by atoms with Gasteiger partial charge in [-0.1, -0.05) is 6.07 Å². The highest BCUT2D eigenvalue weighted by molar-refractivity contribution is 5.83. The number of ether oxygens (including phenoxy) is 2. The molecule has 124 valence electrons. The second-order valence-electron chi connectivity index (χ2n) is 6.53. The third-order valence-electron chi connectivity index (χ3n) is 4.02. The zero-order valence-corrected chi connectivity index (χ0v) is 14.1. The predicted octanol–water partition coefficient (Wildman–Crippen LogP) is 2.87. The Labute approximate surface area is 136 Å². The van der Waals surface area contributed by atoms with E-state index in [4.69, 9.17) is 19.9 Å². The molecule has 0 aliphatic carbocycles. The number of nitrogens with one attached hydrogen (secondary N) is 2. The highest BCUT2D eigenvalue weighted by atomic mass is 16.7. The van der Waals surface area contributed by atoms with Gasteiger partial charge in [-0.05, 0) is 44.9 Å². The van der Waals surface area contributed by atoms with E-state index in [1.54, 1.807) is 0 Å². The minimum absolute atomic E-state index is 0.000997. The molecule has 0 spiro atoms. The number of nitrogens with zero attached hydrogens (tertiary/aromatic N) is 2. The normalized spacial score (nSPS) is 20.1. The van der Waals surface area contributed by atoms with Crippen molar-refractivity contribution in [2.75, 3.05) is 18.5 Å². The molecule has 1 saturated heterocycles. The number of imidazole rings is 1. The second-order valence-corrected chi connectivity index (χ2v) is 6.53. The minimum Gasteiger partial charge on any atom is -0.353 e. The molecule has 1 atom stereocenters. The van der Waals surface area contributed by atoms with Crippen molar-refractivity contribution in [3.63, 3.8) is 0 Å². The third kappa shape index (κ3) is 3.23. The first kappa shape index (κ1) is 16.0. The molecule has 2 N–H and O–H groups in total. The number of benzene rings is 1. The van der Waals surface area contributed by atoms with E-state index in [0.717, 1.165) is 22.5 Å². The fourth-order valence-corrected chi connectivity index (χ4v) is 3.05. The number of aromatic nitrogens is 2. The number of aryl methyl sites for hydroxylation is 2. The number of fused-ring (bicyclic) bond motifs is 1. The smallest absolute Gasteiger partial charge is 0.204 e. The first-order chi connectivity index (χ1) is 10.9. The first-order valence-corrected chi connectivity index (χ1v) is 7.91. The first-order valence-electron chi connectivity index (χ1n) is 7.91. The summed E-state index contributed by atoms with van der Waals surface area (Å²) in [5.41, 5.74) is 4.37. The summed E-state index contributed by atoms with van der Waals surface area (Å²) in [6.45, 7) is 9.68. The largest absolute Gasteiger partial charge is 0.353 e. The SMILES string of the molecule is Cc1cc(C)c2nc(NCC3COC(C)(C)O3)n(CC=N)c2c1. The van der Waals surface area contributed by atoms with Crippen molar-refractivity contribution >= 4 is 23.2 Å². The van der Waals surface area contributed by atoms with Crippen LogP contribution < -0.4 is 5.32 Å². The van der Waals surface area contributed by atoms with E-state index in [0.29, 0.717) is 19.7 Å². The van der Waals surface area contributed by atoms with Crippen LogP contribution in [0.2, 0.25) is 0 Å². The van der Waals surface area contributed by atoms with Crippen LogP contribution in [0.15, 0.2) is 12.1 Å². The van der Waals surface area contributed by atoms with Gasteiger partial charge in [-0.3, -0.25) is 0 Å². The predicted molar refractivity (Wildman–Crippen MR) is 91.4 cm³/mol. The summed E-state index contributed by atoms with van der Waals surface area (Å²) in [6.07, 6.45) is 1.39. The Hall–Kier alpha value is -1.92. The molecule has 23 heavy (non-hydrogen) atoms. The number of rotatable bonds is 5. The van der Waals surface area contributed by atoms with Crippen molar-refractivity contribution in [1.29, 1.82) is 5.41 Å². The minimum atomic E-state index is -0.519. The van der Waals surface area contributed by atoms with Gasteiger partial charge < -0.3 is 24.8 Å². The standard InChI is InChI=1S/C17H24N4O2/c1-11-7-12(2)15-14(8-11)21(6-5-18)16(20-15)19-9-13-10-22-17(3,4)23-13/h5,7-8,13,18H,6,9-10H2,1-4H3,(H,19,20). The van der Waals surface area contributed by atoms with Gasteiger partial charge in [0, 0.05) is 12.8 Å². The maximum absolute atomic E-state index is 7.46. The fraction of sp³-hybridized carbons (Fsp3) is 0.529. The molecule has 0 saturated carbocycles. The van der Waals surface area contributed by atoms with Gasteiger partial charge in [0.05, 0.1) is 24.2 Å². The van der Waals surface area contributed by atoms with Crippen LogP contribution in [-0.4, -0.2) is 40.8 Å². The van der Waals surface area contributed by atoms with Crippen LogP contribution >= 0.6 is 0 Å². The van der Waals surface area contributed by atoms with Crippen LogP contribution in [0.25, 0.3) is 11.0 Å². The molecule has 3 rings (SSSR count). The Morgan fingerprint density at radius 3 is 2.87 bits per heavy atom. The molecule has 2 aromatic rings. The summed E-state index contributed by atoms with van der Waals surface area (Å²) in [6, 6.07) is 4.24. The molecule has 0 amide bonds. The van der Waals surface area contributed by atoms with Gasteiger partial charge >= 0.3 is 0 Å². The highest BCUT2D eigenvalue weighted by Crippen LogP contribution is 2.26. The molecule has 1 aromatic carbocycles. The van der Waals surface area contributed by atoms with Crippen LogP contribution in [0.3, 0.4) is 0 Å². The Morgan fingerprint density at radius 1 is 1.43 bits per heavy atom. The van der Waals surface area contributed by atoms with Crippen molar-refractivity contribution < 1.29 is 9.47 Å². The Bertz CT molecular complexity index is 736. The molecule has 1 fully saturated rings. The van der Waals surface area contributed by atoms with Crippen LogP contribution in [0.4, 0.5) is 5.95 Å². The Kier molecular flexibility index (Phi) is 4.12. The van der Waals surface area contributed by atoms with Crippen molar-refractivity contribution in [1.82, 2.24) is 9.55 Å². The molecule has 0 bridgehead atoms. The number of hydrogen-bond acceptors (Lipinski definition) is 5. The topological polar surface area (TPSA) is 72.2 Å². The Morgan fingerprint density at radius 2 is 2.22 bits per heavy atom. The van der Waals surface area contributed by atoms with Crippen LogP contribution in [0.5, 0.6) is 0 Å². The lowest BCUT2D eigenvalue weighted by Crippen LogP contribution is -2.26. The van der Waals surface area contributed by atoms with Gasteiger partial charge in [-0.25, -0.2) is 4.98 Å². The van der Waals surface area contributed by atoms with Gasteiger partial charge in [0.1, 0.15) is 6.10 Å². The third-order valence-corrected chi connectivity index (χ3v) is 4.02. The van der Waals surface area contributed by atoms with Crippen molar-refractivity contribution in [2.24, 2.45) is 0 Å². The number of anilines is 1. The lowest BCUT2D eigenvalue weighted by Gasteiger charge is -2.17. The summed E-state index contributed by atoms with van der Waals surface area (Å²) < 4.78 is 13.4. The summed E-state index contributed by atoms with van der Waals surface area (Å²) in [4.78, 5) is 4.72. The van der Waals surface area contributed by atoms with E-state index in [1.807, 2.05) is 18.4 Å². The van der Waals surface area contributed by atoms with Crippen molar-refractivity contribution in [3.8, 4) is 0 Å². The molecule has 2 heterocycles. The quantitative estimate of drug-likeness (QED) is 0.832. The molecule has 1 aliphatic rings. The lowest BCUT2D eigenvalue weighted by atomic mass is 10.1. The maximum Gasteiger partial charge on any atom is 0.204 e. The summed E-state index contributed by atoms with van der Waals surface area (Å²) in [5, 5.41) is 10.8. The van der Waals surface area contributed by atoms with Gasteiger partial charge in [0.2, 0.25) is 5.95 Å². The van der Waals surface area contributed by atoms with E-state index >= 15 is 0 Å². The average Bonchev–Trinajstić information content (AvgIpc) is 2.98. The van der Waals surface area contributed by atoms with Crippen LogP contribution in [-0.2, 0) is 16.0 Å². The van der Waals surface area contributed by atoms with E-state index in [1.165, 1.54) is 11.8 Å². The van der Waals surface area contributed by atoms with E-state index in [2.05, 4.69) is 31.3 Å². The van der Waals surface area contributed by atoms with Gasteiger partial charge in [-0.2, -0.15) is 0 Å². The zero-order chi connectivity index (χ0) is 16.6. The average molecular weight is 316 g/mol. The van der Waals surface area contributed by atoms with Crippen LogP contribution in [0.1, 0.15) is 25.0 Å². The molecule has 6 nitrogen and oxygen atoms in total. The summed E-state index contributed by atoms with van der Waals surface area (Å²) >= 11 is 0. The molecule has 6 heteroatoms. The molecule has 1 unspecified atom stereocenters. The fourth-order valence-electron chi connectivity index (χ4n) is 3.05. The molecule has 0 radical (unpaired) electrons. The molecule has 1 aromatic heterocycles. The summed E-state index contributed by atoms with van der Waals surface area (Å²) in [7, 11) is 0. The van der Waals surface area contributed by atoms with Gasteiger partial charge in [0.15, 0.2) is 5.79 Å². The van der Waals surface area contributed by atoms with Crippen molar-refractivity contribution in [2.45, 2.75) is 46.1 Å². The zero-order valence-electron chi connectivity index (χ0n) is 14.1. The Balaban J connectivity index is 1.86. The monoisotopic (exact) mass is 316 g/mol. The molecular weight excluding hydrogens is 292 g/mol. The van der Waals surface area contributed by atoms with Crippen molar-refractivity contribution in [3.05, 3.63) is 23.3 Å².